The van der Waals surface area contributed by atoms with Crippen molar-refractivity contribution in [1.82, 2.24) is 9.80 Å². The normalized spacial score (nSPS) is 15.8. The lowest BCUT2D eigenvalue weighted by Crippen LogP contribution is -2.51. The van der Waals surface area contributed by atoms with E-state index in [-0.39, 0.29) is 12.5 Å². The largest absolute Gasteiger partial charge is 0.484 e. The van der Waals surface area contributed by atoms with E-state index < -0.39 is 0 Å². The van der Waals surface area contributed by atoms with Crippen LogP contribution in [0.2, 0.25) is 5.02 Å². The van der Waals surface area contributed by atoms with Gasteiger partial charge in [0.1, 0.15) is 5.75 Å². The minimum Gasteiger partial charge on any atom is -0.484 e. The molecule has 1 aromatic rings. The number of piperazine rings is 1. The average Bonchev–Trinajstić information content (AvgIpc) is 2.46. The summed E-state index contributed by atoms with van der Waals surface area (Å²) in [6.07, 6.45) is 0. The Balaban J connectivity index is 1.74. The zero-order valence-corrected chi connectivity index (χ0v) is 13.2. The summed E-state index contributed by atoms with van der Waals surface area (Å²) in [5, 5.41) is 0.641. The van der Waals surface area contributed by atoms with Gasteiger partial charge in [-0.15, -0.1) is 0 Å². The highest BCUT2D eigenvalue weighted by molar-refractivity contribution is 7.80. The van der Waals surface area contributed by atoms with E-state index in [1.165, 1.54) is 0 Å². The van der Waals surface area contributed by atoms with Crippen LogP contribution in [0, 0.1) is 0 Å². The van der Waals surface area contributed by atoms with E-state index in [9.17, 15) is 4.79 Å². The van der Waals surface area contributed by atoms with Gasteiger partial charge in [-0.25, -0.2) is 0 Å². The van der Waals surface area contributed by atoms with Crippen LogP contribution >= 0.6 is 23.8 Å². The minimum absolute atomic E-state index is 0.0140. The van der Waals surface area contributed by atoms with Crippen molar-refractivity contribution in [3.05, 3.63) is 29.3 Å². The molecular formula is C14H18ClN3O2S. The number of ether oxygens (including phenoxy) is 1. The van der Waals surface area contributed by atoms with E-state index in [0.29, 0.717) is 35.4 Å². The molecule has 5 nitrogen and oxygen atoms in total. The molecule has 0 spiro atoms. The number of carbonyl (C=O) groups is 1. The SMILES string of the molecule is NC(=S)CN1CCN(C(=O)COc2ccc(Cl)cc2)CC1. The van der Waals surface area contributed by atoms with Gasteiger partial charge in [0.2, 0.25) is 0 Å². The molecule has 21 heavy (non-hydrogen) atoms. The average molecular weight is 328 g/mol. The zero-order valence-electron chi connectivity index (χ0n) is 11.6. The molecule has 1 amide bonds. The number of nitrogens with zero attached hydrogens (tertiary/aromatic N) is 2. The summed E-state index contributed by atoms with van der Waals surface area (Å²) in [4.78, 5) is 16.5. The molecular weight excluding hydrogens is 310 g/mol. The van der Waals surface area contributed by atoms with Gasteiger partial charge in [-0.2, -0.15) is 0 Å². The molecule has 1 aliphatic rings. The van der Waals surface area contributed by atoms with Crippen LogP contribution in [0.4, 0.5) is 0 Å². The summed E-state index contributed by atoms with van der Waals surface area (Å²) in [6.45, 7) is 3.56. The van der Waals surface area contributed by atoms with Crippen molar-refractivity contribution in [3.8, 4) is 5.75 Å². The Bertz CT molecular complexity index is 501. The molecule has 7 heteroatoms. The van der Waals surface area contributed by atoms with Crippen LogP contribution in [-0.2, 0) is 4.79 Å². The molecule has 1 heterocycles. The van der Waals surface area contributed by atoms with E-state index in [1.807, 2.05) is 0 Å². The number of hydrogen-bond acceptors (Lipinski definition) is 4. The maximum Gasteiger partial charge on any atom is 0.260 e. The van der Waals surface area contributed by atoms with Gasteiger partial charge in [0, 0.05) is 37.7 Å². The van der Waals surface area contributed by atoms with Crippen LogP contribution in [0.15, 0.2) is 24.3 Å². The number of amides is 1. The Labute approximate surface area is 134 Å². The van der Waals surface area contributed by atoms with Crippen molar-refractivity contribution < 1.29 is 9.53 Å². The number of carbonyl (C=O) groups excluding carboxylic acids is 1. The monoisotopic (exact) mass is 327 g/mol. The summed E-state index contributed by atoms with van der Waals surface area (Å²) in [5.74, 6) is 0.625. The second-order valence-corrected chi connectivity index (χ2v) is 5.83. The second kappa shape index (κ2) is 7.59. The molecule has 2 N–H and O–H groups in total. The third kappa shape index (κ3) is 5.15. The number of halogens is 1. The fourth-order valence-electron chi connectivity index (χ4n) is 2.14. The van der Waals surface area contributed by atoms with Crippen molar-refractivity contribution in [3.63, 3.8) is 0 Å². The molecule has 0 aliphatic carbocycles. The van der Waals surface area contributed by atoms with Gasteiger partial charge >= 0.3 is 0 Å². The van der Waals surface area contributed by atoms with Crippen LogP contribution in [0.1, 0.15) is 0 Å². The molecule has 0 aromatic heterocycles. The maximum absolute atomic E-state index is 12.1. The summed E-state index contributed by atoms with van der Waals surface area (Å²) in [6, 6.07) is 6.96. The third-order valence-electron chi connectivity index (χ3n) is 3.28. The second-order valence-electron chi connectivity index (χ2n) is 4.87. The van der Waals surface area contributed by atoms with E-state index in [2.05, 4.69) is 4.90 Å². The Morgan fingerprint density at radius 3 is 2.43 bits per heavy atom. The molecule has 114 valence electrons. The predicted molar refractivity (Wildman–Crippen MR) is 86.8 cm³/mol. The van der Waals surface area contributed by atoms with Crippen molar-refractivity contribution in [2.45, 2.75) is 0 Å². The summed E-state index contributed by atoms with van der Waals surface area (Å²) in [7, 11) is 0. The number of nitrogens with two attached hydrogens (primary N) is 1. The summed E-state index contributed by atoms with van der Waals surface area (Å²) >= 11 is 10.7. The molecule has 1 saturated heterocycles. The van der Waals surface area contributed by atoms with Crippen LogP contribution in [-0.4, -0.2) is 60.0 Å². The standard InChI is InChI=1S/C14H18ClN3O2S/c15-11-1-3-12(4-2-11)20-10-14(19)18-7-5-17(6-8-18)9-13(16)21/h1-4H,5-10H2,(H2,16,21). The predicted octanol–water partition coefficient (Wildman–Crippen LogP) is 1.15. The van der Waals surface area contributed by atoms with Gasteiger partial charge in [0.25, 0.3) is 5.91 Å². The Hall–Kier alpha value is -1.37. The summed E-state index contributed by atoms with van der Waals surface area (Å²) < 4.78 is 5.46. The number of thiocarbonyl (C=S) groups is 1. The molecule has 0 atom stereocenters. The number of hydrogen-bond donors (Lipinski definition) is 1. The molecule has 0 unspecified atom stereocenters. The first-order chi connectivity index (χ1) is 10.0. The van der Waals surface area contributed by atoms with Crippen molar-refractivity contribution in [2.75, 3.05) is 39.3 Å². The van der Waals surface area contributed by atoms with E-state index in [1.54, 1.807) is 29.2 Å². The summed E-state index contributed by atoms with van der Waals surface area (Å²) in [5.41, 5.74) is 5.52. The first-order valence-electron chi connectivity index (χ1n) is 6.71. The third-order valence-corrected chi connectivity index (χ3v) is 3.66. The van der Waals surface area contributed by atoms with Crippen LogP contribution in [0.3, 0.4) is 0 Å². The first kappa shape index (κ1) is 16.0. The van der Waals surface area contributed by atoms with Gasteiger partial charge < -0.3 is 15.4 Å². The fraction of sp³-hybridized carbons (Fsp3) is 0.429. The van der Waals surface area contributed by atoms with Gasteiger partial charge in [0.05, 0.1) is 4.99 Å². The first-order valence-corrected chi connectivity index (χ1v) is 7.50. The number of rotatable bonds is 5. The Kier molecular flexibility index (Phi) is 5.78. The minimum atomic E-state index is -0.0140. The highest BCUT2D eigenvalue weighted by atomic mass is 35.5. The van der Waals surface area contributed by atoms with Crippen molar-refractivity contribution in [1.29, 1.82) is 0 Å². The van der Waals surface area contributed by atoms with Crippen LogP contribution < -0.4 is 10.5 Å². The highest BCUT2D eigenvalue weighted by Crippen LogP contribution is 2.15. The fourth-order valence-corrected chi connectivity index (χ4v) is 2.45. The molecule has 2 rings (SSSR count). The molecule has 0 radical (unpaired) electrons. The highest BCUT2D eigenvalue weighted by Gasteiger charge is 2.21. The van der Waals surface area contributed by atoms with Crippen molar-refractivity contribution in [2.24, 2.45) is 5.73 Å². The van der Waals surface area contributed by atoms with Gasteiger partial charge in [-0.3, -0.25) is 9.69 Å². The van der Waals surface area contributed by atoms with Crippen LogP contribution in [0.5, 0.6) is 5.75 Å². The number of benzene rings is 1. The lowest BCUT2D eigenvalue weighted by atomic mass is 10.3. The maximum atomic E-state index is 12.1. The molecule has 1 aromatic carbocycles. The molecule has 1 aliphatic heterocycles. The zero-order chi connectivity index (χ0) is 15.2. The lowest BCUT2D eigenvalue weighted by Gasteiger charge is -2.34. The van der Waals surface area contributed by atoms with E-state index in [0.717, 1.165) is 13.1 Å². The quantitative estimate of drug-likeness (QED) is 0.822. The van der Waals surface area contributed by atoms with Gasteiger partial charge in [-0.1, -0.05) is 23.8 Å². The van der Waals surface area contributed by atoms with Crippen molar-refractivity contribution >= 4 is 34.7 Å². The van der Waals surface area contributed by atoms with E-state index in [4.69, 9.17) is 34.3 Å². The smallest absolute Gasteiger partial charge is 0.260 e. The lowest BCUT2D eigenvalue weighted by molar-refractivity contribution is -0.135. The van der Waals surface area contributed by atoms with Gasteiger partial charge in [0.15, 0.2) is 6.61 Å². The van der Waals surface area contributed by atoms with Crippen LogP contribution in [0.25, 0.3) is 0 Å². The molecule has 0 saturated carbocycles. The molecule has 0 bridgehead atoms. The molecule has 1 fully saturated rings. The topological polar surface area (TPSA) is 58.8 Å². The van der Waals surface area contributed by atoms with E-state index >= 15 is 0 Å². The Morgan fingerprint density at radius 1 is 1.24 bits per heavy atom. The van der Waals surface area contributed by atoms with Gasteiger partial charge in [-0.05, 0) is 24.3 Å². The Morgan fingerprint density at radius 2 is 1.86 bits per heavy atom.